The molecule has 2 amide bonds. The van der Waals surface area contributed by atoms with Crippen LogP contribution in [0.4, 0.5) is 5.69 Å². The van der Waals surface area contributed by atoms with Crippen LogP contribution in [0, 0.1) is 0 Å². The van der Waals surface area contributed by atoms with Gasteiger partial charge in [-0.05, 0) is 37.3 Å². The molecule has 6 nitrogen and oxygen atoms in total. The van der Waals surface area contributed by atoms with Gasteiger partial charge in [-0.2, -0.15) is 0 Å². The summed E-state index contributed by atoms with van der Waals surface area (Å²) >= 11 is 0. The molecule has 2 heterocycles. The zero-order valence-corrected chi connectivity index (χ0v) is 14.1. The Kier molecular flexibility index (Phi) is 6.00. The van der Waals surface area contributed by atoms with Crippen molar-refractivity contribution >= 4 is 29.9 Å². The number of nitrogens with one attached hydrogen (secondary N) is 2. The minimum Gasteiger partial charge on any atom is -0.459 e. The smallest absolute Gasteiger partial charge is 0.291 e. The van der Waals surface area contributed by atoms with Crippen molar-refractivity contribution in [2.75, 3.05) is 25.0 Å². The van der Waals surface area contributed by atoms with Gasteiger partial charge in [0.15, 0.2) is 5.76 Å². The number of halogens is 1. The van der Waals surface area contributed by atoms with Crippen LogP contribution in [0.2, 0.25) is 0 Å². The van der Waals surface area contributed by atoms with Crippen molar-refractivity contribution in [3.63, 3.8) is 0 Å². The van der Waals surface area contributed by atoms with Crippen molar-refractivity contribution in [3.05, 3.63) is 54.0 Å². The van der Waals surface area contributed by atoms with E-state index in [1.165, 1.54) is 6.26 Å². The summed E-state index contributed by atoms with van der Waals surface area (Å²) in [7, 11) is 0. The van der Waals surface area contributed by atoms with Crippen LogP contribution < -0.4 is 10.6 Å². The lowest BCUT2D eigenvalue weighted by atomic mass is 10.1. The summed E-state index contributed by atoms with van der Waals surface area (Å²) in [5, 5.41) is 6.00. The quantitative estimate of drug-likeness (QED) is 0.892. The summed E-state index contributed by atoms with van der Waals surface area (Å²) in [5.41, 5.74) is 1.14. The molecule has 0 bridgehead atoms. The maximum Gasteiger partial charge on any atom is 0.291 e. The molecule has 3 rings (SSSR count). The Bertz CT molecular complexity index is 703. The molecular formula is C17H20ClN3O3. The number of rotatable bonds is 3. The molecule has 2 aromatic rings. The highest BCUT2D eigenvalue weighted by Crippen LogP contribution is 2.16. The van der Waals surface area contributed by atoms with E-state index in [9.17, 15) is 9.59 Å². The molecule has 1 fully saturated rings. The molecule has 128 valence electrons. The molecule has 2 N–H and O–H groups in total. The Morgan fingerprint density at radius 2 is 2.12 bits per heavy atom. The molecule has 0 saturated carbocycles. The van der Waals surface area contributed by atoms with Gasteiger partial charge < -0.3 is 20.0 Å². The van der Waals surface area contributed by atoms with E-state index in [1.54, 1.807) is 36.4 Å². The average Bonchev–Trinajstić information content (AvgIpc) is 3.09. The van der Waals surface area contributed by atoms with Gasteiger partial charge >= 0.3 is 0 Å². The van der Waals surface area contributed by atoms with Gasteiger partial charge in [0.1, 0.15) is 0 Å². The van der Waals surface area contributed by atoms with Crippen LogP contribution in [0.15, 0.2) is 47.1 Å². The Balaban J connectivity index is 0.00000208. The lowest BCUT2D eigenvalue weighted by Crippen LogP contribution is -2.52. The van der Waals surface area contributed by atoms with Crippen molar-refractivity contribution in [2.45, 2.75) is 13.0 Å². The number of hydrogen-bond donors (Lipinski definition) is 2. The summed E-state index contributed by atoms with van der Waals surface area (Å²) in [6, 6.07) is 10.4. The first kappa shape index (κ1) is 18.0. The molecular weight excluding hydrogens is 330 g/mol. The highest BCUT2D eigenvalue weighted by Gasteiger charge is 2.24. The van der Waals surface area contributed by atoms with Gasteiger partial charge in [-0.3, -0.25) is 9.59 Å². The predicted octanol–water partition coefficient (Wildman–Crippen LogP) is 2.39. The molecule has 0 aliphatic carbocycles. The predicted molar refractivity (Wildman–Crippen MR) is 93.7 cm³/mol. The number of nitrogens with zero attached hydrogens (tertiary/aromatic N) is 1. The molecule has 0 spiro atoms. The van der Waals surface area contributed by atoms with E-state index in [0.717, 1.165) is 13.1 Å². The lowest BCUT2D eigenvalue weighted by molar-refractivity contribution is 0.0655. The van der Waals surface area contributed by atoms with Crippen molar-refractivity contribution in [1.82, 2.24) is 10.2 Å². The van der Waals surface area contributed by atoms with Gasteiger partial charge in [0.2, 0.25) is 0 Å². The monoisotopic (exact) mass is 349 g/mol. The van der Waals surface area contributed by atoms with Crippen molar-refractivity contribution < 1.29 is 14.0 Å². The van der Waals surface area contributed by atoms with E-state index < -0.39 is 0 Å². The maximum atomic E-state index is 12.6. The number of anilines is 1. The largest absolute Gasteiger partial charge is 0.459 e. The summed E-state index contributed by atoms with van der Waals surface area (Å²) < 4.78 is 5.06. The summed E-state index contributed by atoms with van der Waals surface area (Å²) in [6.07, 6.45) is 1.45. The normalized spacial score (nSPS) is 17.0. The van der Waals surface area contributed by atoms with Gasteiger partial charge in [0, 0.05) is 36.9 Å². The lowest BCUT2D eigenvalue weighted by Gasteiger charge is -2.34. The summed E-state index contributed by atoms with van der Waals surface area (Å²) in [4.78, 5) is 26.5. The average molecular weight is 350 g/mol. The van der Waals surface area contributed by atoms with Gasteiger partial charge in [0.05, 0.1) is 6.26 Å². The Morgan fingerprint density at radius 1 is 1.29 bits per heavy atom. The first-order chi connectivity index (χ1) is 11.1. The third-order valence-electron chi connectivity index (χ3n) is 3.87. The maximum absolute atomic E-state index is 12.6. The summed E-state index contributed by atoms with van der Waals surface area (Å²) in [6.45, 7) is 4.29. The molecule has 1 aliphatic heterocycles. The number of hydrogen-bond acceptors (Lipinski definition) is 4. The van der Waals surface area contributed by atoms with E-state index in [1.807, 2.05) is 11.8 Å². The molecule has 1 aromatic carbocycles. The second-order valence-corrected chi connectivity index (χ2v) is 5.56. The Labute approximate surface area is 146 Å². The fourth-order valence-electron chi connectivity index (χ4n) is 2.64. The number of benzene rings is 1. The molecule has 0 unspecified atom stereocenters. The minimum atomic E-state index is -0.338. The van der Waals surface area contributed by atoms with Gasteiger partial charge in [0.25, 0.3) is 11.8 Å². The number of furan rings is 1. The third-order valence-corrected chi connectivity index (χ3v) is 3.87. The topological polar surface area (TPSA) is 74.6 Å². The molecule has 1 saturated heterocycles. The zero-order valence-electron chi connectivity index (χ0n) is 13.3. The SMILES string of the molecule is C[C@@H]1CNCCN1C(=O)c1cccc(NC(=O)c2ccco2)c1.Cl. The highest BCUT2D eigenvalue weighted by molar-refractivity contribution is 6.03. The van der Waals surface area contributed by atoms with Crippen molar-refractivity contribution in [2.24, 2.45) is 0 Å². The minimum absolute atomic E-state index is 0. The molecule has 1 atom stereocenters. The molecule has 7 heteroatoms. The van der Waals surface area contributed by atoms with Crippen LogP contribution in [-0.4, -0.2) is 42.4 Å². The van der Waals surface area contributed by atoms with Gasteiger partial charge in [-0.25, -0.2) is 0 Å². The highest BCUT2D eigenvalue weighted by atomic mass is 35.5. The molecule has 1 aromatic heterocycles. The Morgan fingerprint density at radius 3 is 2.83 bits per heavy atom. The molecule has 24 heavy (non-hydrogen) atoms. The van der Waals surface area contributed by atoms with E-state index >= 15 is 0 Å². The van der Waals surface area contributed by atoms with Crippen LogP contribution in [0.5, 0.6) is 0 Å². The molecule has 1 aliphatic rings. The fourth-order valence-corrected chi connectivity index (χ4v) is 2.64. The second-order valence-electron chi connectivity index (χ2n) is 5.56. The Hall–Kier alpha value is -2.31. The van der Waals surface area contributed by atoms with Crippen LogP contribution in [0.25, 0.3) is 0 Å². The number of carbonyl (C=O) groups is 2. The summed E-state index contributed by atoms with van der Waals surface area (Å²) in [5.74, 6) is -0.124. The van der Waals surface area contributed by atoms with Gasteiger partial charge in [-0.1, -0.05) is 6.07 Å². The second kappa shape index (κ2) is 7.99. The van der Waals surface area contributed by atoms with Crippen molar-refractivity contribution in [3.8, 4) is 0 Å². The standard InChI is InChI=1S/C17H19N3O3.ClH/c1-12-11-18-7-8-20(12)17(22)13-4-2-5-14(10-13)19-16(21)15-6-3-9-23-15;/h2-6,9-10,12,18H,7-8,11H2,1H3,(H,19,21);1H/t12-;/m1./s1. The third kappa shape index (κ3) is 3.96. The van der Waals surface area contributed by atoms with Crippen LogP contribution >= 0.6 is 12.4 Å². The molecule has 0 radical (unpaired) electrons. The van der Waals surface area contributed by atoms with Crippen molar-refractivity contribution in [1.29, 1.82) is 0 Å². The first-order valence-corrected chi connectivity index (χ1v) is 7.62. The van der Waals surface area contributed by atoms with Crippen LogP contribution in [0.3, 0.4) is 0 Å². The van der Waals surface area contributed by atoms with E-state index in [4.69, 9.17) is 4.42 Å². The van der Waals surface area contributed by atoms with E-state index in [2.05, 4.69) is 10.6 Å². The van der Waals surface area contributed by atoms with Crippen LogP contribution in [0.1, 0.15) is 27.8 Å². The van der Waals surface area contributed by atoms with E-state index in [0.29, 0.717) is 17.8 Å². The number of piperazine rings is 1. The first-order valence-electron chi connectivity index (χ1n) is 7.62. The number of amides is 2. The van der Waals surface area contributed by atoms with E-state index in [-0.39, 0.29) is 36.0 Å². The zero-order chi connectivity index (χ0) is 16.2. The fraction of sp³-hybridized carbons (Fsp3) is 0.294. The van der Waals surface area contributed by atoms with Crippen LogP contribution in [-0.2, 0) is 0 Å². The van der Waals surface area contributed by atoms with Gasteiger partial charge in [-0.15, -0.1) is 12.4 Å². The number of carbonyl (C=O) groups excluding carboxylic acids is 2.